The van der Waals surface area contributed by atoms with E-state index in [0.717, 1.165) is 28.6 Å². The van der Waals surface area contributed by atoms with Gasteiger partial charge in [0.1, 0.15) is 0 Å². The lowest BCUT2D eigenvalue weighted by atomic mass is 10.1. The van der Waals surface area contributed by atoms with Gasteiger partial charge in [0, 0.05) is 36.8 Å². The van der Waals surface area contributed by atoms with Gasteiger partial charge in [-0.1, -0.05) is 12.1 Å². The highest BCUT2D eigenvalue weighted by atomic mass is 19.4. The van der Waals surface area contributed by atoms with Gasteiger partial charge in [0.15, 0.2) is 0 Å². The zero-order chi connectivity index (χ0) is 16.4. The molecule has 0 bridgehead atoms. The number of pyridine rings is 1. The number of aryl methyl sites for hydroxylation is 1. The average molecular weight is 323 g/mol. The molecule has 1 N–H and O–H groups in total. The number of hydrogen-bond donors (Lipinski definition) is 1. The first-order valence-corrected chi connectivity index (χ1v) is 7.78. The minimum atomic E-state index is -4.11. The highest BCUT2D eigenvalue weighted by molar-refractivity contribution is 5.79. The molecule has 3 rings (SSSR count). The summed E-state index contributed by atoms with van der Waals surface area (Å²) in [4.78, 5) is 5.93. The van der Waals surface area contributed by atoms with Crippen molar-refractivity contribution >= 4 is 10.9 Å². The number of aromatic nitrogens is 1. The van der Waals surface area contributed by atoms with E-state index in [2.05, 4.69) is 16.4 Å². The van der Waals surface area contributed by atoms with Crippen molar-refractivity contribution < 1.29 is 13.2 Å². The Morgan fingerprint density at radius 2 is 2.09 bits per heavy atom. The van der Waals surface area contributed by atoms with Crippen LogP contribution in [0, 0.1) is 6.92 Å². The lowest BCUT2D eigenvalue weighted by Gasteiger charge is -2.18. The summed E-state index contributed by atoms with van der Waals surface area (Å²) in [6.45, 7) is 2.76. The van der Waals surface area contributed by atoms with E-state index in [1.165, 1.54) is 4.90 Å². The van der Waals surface area contributed by atoms with Gasteiger partial charge in [-0.3, -0.25) is 9.88 Å². The molecule has 0 aliphatic carbocycles. The van der Waals surface area contributed by atoms with E-state index in [0.29, 0.717) is 19.6 Å². The van der Waals surface area contributed by atoms with Gasteiger partial charge in [-0.25, -0.2) is 0 Å². The molecule has 1 fully saturated rings. The molecule has 1 aliphatic rings. The number of likely N-dealkylation sites (tertiary alicyclic amines) is 1. The Kier molecular flexibility index (Phi) is 4.55. The molecule has 1 aromatic carbocycles. The second-order valence-electron chi connectivity index (χ2n) is 6.20. The molecule has 2 aromatic rings. The van der Waals surface area contributed by atoms with E-state index < -0.39 is 12.7 Å². The third-order valence-corrected chi connectivity index (χ3v) is 4.16. The van der Waals surface area contributed by atoms with Crippen molar-refractivity contribution in [3.8, 4) is 0 Å². The predicted octanol–water partition coefficient (Wildman–Crippen LogP) is 3.27. The van der Waals surface area contributed by atoms with E-state index in [4.69, 9.17) is 0 Å². The van der Waals surface area contributed by atoms with Gasteiger partial charge < -0.3 is 5.32 Å². The first-order valence-electron chi connectivity index (χ1n) is 7.78. The second kappa shape index (κ2) is 6.45. The number of fused-ring (bicyclic) bond motifs is 1. The topological polar surface area (TPSA) is 28.2 Å². The van der Waals surface area contributed by atoms with Crippen molar-refractivity contribution in [1.29, 1.82) is 0 Å². The maximum Gasteiger partial charge on any atom is 0.401 e. The predicted molar refractivity (Wildman–Crippen MR) is 84.2 cm³/mol. The molecular formula is C17H20F3N3. The van der Waals surface area contributed by atoms with Crippen LogP contribution in [0.25, 0.3) is 10.9 Å². The number of alkyl halides is 3. The molecular weight excluding hydrogens is 303 g/mol. The van der Waals surface area contributed by atoms with Crippen LogP contribution in [0.2, 0.25) is 0 Å². The number of nitrogens with one attached hydrogen (secondary N) is 1. The Balaban J connectivity index is 1.56. The fraction of sp³-hybridized carbons (Fsp3) is 0.471. The number of hydrogen-bond acceptors (Lipinski definition) is 3. The molecule has 2 heterocycles. The molecule has 1 aliphatic heterocycles. The van der Waals surface area contributed by atoms with Crippen LogP contribution in [0.5, 0.6) is 0 Å². The summed E-state index contributed by atoms with van der Waals surface area (Å²) in [5.74, 6) is 0. The maximum atomic E-state index is 12.4. The zero-order valence-electron chi connectivity index (χ0n) is 13.0. The van der Waals surface area contributed by atoms with Crippen molar-refractivity contribution in [2.75, 3.05) is 19.6 Å². The number of rotatable bonds is 4. The van der Waals surface area contributed by atoms with Crippen LogP contribution in [0.4, 0.5) is 13.2 Å². The number of halogens is 3. The highest BCUT2D eigenvalue weighted by Gasteiger charge is 2.34. The van der Waals surface area contributed by atoms with Crippen LogP contribution >= 0.6 is 0 Å². The van der Waals surface area contributed by atoms with Gasteiger partial charge in [0.2, 0.25) is 0 Å². The van der Waals surface area contributed by atoms with E-state index >= 15 is 0 Å². The highest BCUT2D eigenvalue weighted by Crippen LogP contribution is 2.20. The Labute approximate surface area is 133 Å². The SMILES string of the molecule is Cc1ccc2cc(CN[C@H]3CCN(CC(F)(F)F)C3)ccc2n1. The molecule has 0 spiro atoms. The fourth-order valence-corrected chi connectivity index (χ4v) is 3.05. The zero-order valence-corrected chi connectivity index (χ0v) is 13.0. The molecule has 1 atom stereocenters. The molecule has 124 valence electrons. The molecule has 3 nitrogen and oxygen atoms in total. The van der Waals surface area contributed by atoms with Crippen molar-refractivity contribution in [1.82, 2.24) is 15.2 Å². The van der Waals surface area contributed by atoms with Crippen LogP contribution in [-0.2, 0) is 6.54 Å². The summed E-state index contributed by atoms with van der Waals surface area (Å²) in [6, 6.07) is 10.2. The molecule has 0 saturated carbocycles. The van der Waals surface area contributed by atoms with Crippen LogP contribution in [0.1, 0.15) is 17.7 Å². The Morgan fingerprint density at radius 1 is 1.26 bits per heavy atom. The molecule has 6 heteroatoms. The Bertz CT molecular complexity index is 684. The molecule has 23 heavy (non-hydrogen) atoms. The Hall–Kier alpha value is -1.66. The Morgan fingerprint density at radius 3 is 2.87 bits per heavy atom. The molecule has 1 aromatic heterocycles. The number of benzene rings is 1. The summed E-state index contributed by atoms with van der Waals surface area (Å²) >= 11 is 0. The average Bonchev–Trinajstić information content (AvgIpc) is 2.90. The summed E-state index contributed by atoms with van der Waals surface area (Å²) in [5.41, 5.74) is 3.07. The maximum absolute atomic E-state index is 12.4. The van der Waals surface area contributed by atoms with Crippen molar-refractivity contribution in [3.05, 3.63) is 41.6 Å². The van der Waals surface area contributed by atoms with Crippen LogP contribution < -0.4 is 5.32 Å². The lowest BCUT2D eigenvalue weighted by molar-refractivity contribution is -0.143. The fourth-order valence-electron chi connectivity index (χ4n) is 3.05. The normalized spacial score (nSPS) is 19.6. The first kappa shape index (κ1) is 16.2. The largest absolute Gasteiger partial charge is 0.401 e. The lowest BCUT2D eigenvalue weighted by Crippen LogP contribution is -2.36. The van der Waals surface area contributed by atoms with E-state index in [-0.39, 0.29) is 6.04 Å². The van der Waals surface area contributed by atoms with Crippen molar-refractivity contribution in [3.63, 3.8) is 0 Å². The van der Waals surface area contributed by atoms with Gasteiger partial charge in [0.05, 0.1) is 12.1 Å². The van der Waals surface area contributed by atoms with Gasteiger partial charge in [-0.2, -0.15) is 13.2 Å². The minimum absolute atomic E-state index is 0.115. The second-order valence-corrected chi connectivity index (χ2v) is 6.20. The monoisotopic (exact) mass is 323 g/mol. The molecule has 1 saturated heterocycles. The smallest absolute Gasteiger partial charge is 0.309 e. The van der Waals surface area contributed by atoms with Gasteiger partial charge in [0.25, 0.3) is 0 Å². The van der Waals surface area contributed by atoms with Crippen LogP contribution in [-0.4, -0.2) is 41.7 Å². The van der Waals surface area contributed by atoms with Crippen LogP contribution in [0.15, 0.2) is 30.3 Å². The van der Waals surface area contributed by atoms with E-state index in [1.54, 1.807) is 0 Å². The van der Waals surface area contributed by atoms with Crippen LogP contribution in [0.3, 0.4) is 0 Å². The molecule has 0 amide bonds. The first-order chi connectivity index (χ1) is 10.9. The third kappa shape index (κ3) is 4.42. The van der Waals surface area contributed by atoms with E-state index in [1.807, 2.05) is 31.2 Å². The summed E-state index contributed by atoms with van der Waals surface area (Å²) < 4.78 is 37.2. The van der Waals surface area contributed by atoms with Gasteiger partial charge in [-0.15, -0.1) is 0 Å². The van der Waals surface area contributed by atoms with Crippen molar-refractivity contribution in [2.24, 2.45) is 0 Å². The summed E-state index contributed by atoms with van der Waals surface area (Å²) in [7, 11) is 0. The number of nitrogens with zero attached hydrogens (tertiary/aromatic N) is 2. The summed E-state index contributed by atoms with van der Waals surface area (Å²) in [6.07, 6.45) is -3.36. The minimum Gasteiger partial charge on any atom is -0.309 e. The van der Waals surface area contributed by atoms with Crippen molar-refractivity contribution in [2.45, 2.75) is 32.1 Å². The molecule has 0 radical (unpaired) electrons. The van der Waals surface area contributed by atoms with Gasteiger partial charge in [-0.05, 0) is 37.1 Å². The van der Waals surface area contributed by atoms with Gasteiger partial charge >= 0.3 is 6.18 Å². The quantitative estimate of drug-likeness (QED) is 0.936. The third-order valence-electron chi connectivity index (χ3n) is 4.16. The van der Waals surface area contributed by atoms with E-state index in [9.17, 15) is 13.2 Å². The summed E-state index contributed by atoms with van der Waals surface area (Å²) in [5, 5.41) is 4.44. The molecule has 0 unspecified atom stereocenters. The standard InChI is InChI=1S/C17H20F3N3/c1-12-2-4-14-8-13(3-5-16(14)22-12)9-21-15-6-7-23(10-15)11-17(18,19)20/h2-5,8,15,21H,6-7,9-11H2,1H3/t15-/m0/s1.